The van der Waals surface area contributed by atoms with E-state index in [4.69, 9.17) is 4.74 Å². The molecule has 2 aromatic heterocycles. The Morgan fingerprint density at radius 1 is 1.35 bits per heavy atom. The molecule has 2 N–H and O–H groups in total. The molecule has 0 aliphatic carbocycles. The number of hydrogen-bond donors (Lipinski definition) is 2. The van der Waals surface area contributed by atoms with E-state index in [1.165, 1.54) is 0 Å². The predicted octanol–water partition coefficient (Wildman–Crippen LogP) is 2.33. The molecule has 0 saturated carbocycles. The van der Waals surface area contributed by atoms with Crippen molar-refractivity contribution in [2.45, 2.75) is 23.9 Å². The van der Waals surface area contributed by atoms with Crippen molar-refractivity contribution in [1.82, 2.24) is 15.0 Å². The van der Waals surface area contributed by atoms with E-state index in [1.54, 1.807) is 32.4 Å². The number of H-pyrrole nitrogens is 1. The standard InChI is InChI=1S/C16H17N3O3S/c1-10(20)11-3-4-12(17-8-11)9-23(21)16-18-14-6-5-13(22-2)7-15(14)19-16/h3-8,10,20H,9H2,1-2H3,(H,18,19). The highest BCUT2D eigenvalue weighted by Crippen LogP contribution is 2.20. The maximum atomic E-state index is 12.5. The molecule has 6 nitrogen and oxygen atoms in total. The summed E-state index contributed by atoms with van der Waals surface area (Å²) >= 11 is 0. The molecule has 120 valence electrons. The molecule has 0 spiro atoms. The molecule has 7 heteroatoms. The minimum Gasteiger partial charge on any atom is -0.497 e. The highest BCUT2D eigenvalue weighted by molar-refractivity contribution is 7.84. The summed E-state index contributed by atoms with van der Waals surface area (Å²) in [5.41, 5.74) is 2.94. The van der Waals surface area contributed by atoms with Gasteiger partial charge in [0.1, 0.15) is 5.75 Å². The van der Waals surface area contributed by atoms with Gasteiger partial charge < -0.3 is 14.8 Å². The molecule has 1 aromatic carbocycles. The van der Waals surface area contributed by atoms with Crippen LogP contribution in [-0.2, 0) is 16.6 Å². The van der Waals surface area contributed by atoms with Crippen molar-refractivity contribution in [3.05, 3.63) is 47.8 Å². The Kier molecular flexibility index (Phi) is 4.40. The number of hydrogen-bond acceptors (Lipinski definition) is 5. The first-order valence-corrected chi connectivity index (χ1v) is 8.43. The number of aromatic amines is 1. The Morgan fingerprint density at radius 2 is 2.17 bits per heavy atom. The van der Waals surface area contributed by atoms with Crippen molar-refractivity contribution in [1.29, 1.82) is 0 Å². The van der Waals surface area contributed by atoms with Gasteiger partial charge in [-0.05, 0) is 30.7 Å². The molecule has 2 unspecified atom stereocenters. The Labute approximate surface area is 136 Å². The van der Waals surface area contributed by atoms with E-state index in [-0.39, 0.29) is 5.75 Å². The van der Waals surface area contributed by atoms with Crippen LogP contribution in [0, 0.1) is 0 Å². The molecule has 2 heterocycles. The summed E-state index contributed by atoms with van der Waals surface area (Å²) in [4.78, 5) is 11.6. The van der Waals surface area contributed by atoms with E-state index in [0.29, 0.717) is 16.6 Å². The van der Waals surface area contributed by atoms with E-state index in [1.807, 2.05) is 18.2 Å². The van der Waals surface area contributed by atoms with Crippen LogP contribution in [0.25, 0.3) is 11.0 Å². The quantitative estimate of drug-likeness (QED) is 0.749. The summed E-state index contributed by atoms with van der Waals surface area (Å²) in [7, 11) is 0.271. The van der Waals surface area contributed by atoms with Crippen molar-refractivity contribution in [2.24, 2.45) is 0 Å². The van der Waals surface area contributed by atoms with E-state index in [9.17, 15) is 9.32 Å². The number of nitrogens with one attached hydrogen (secondary N) is 1. The van der Waals surface area contributed by atoms with Crippen molar-refractivity contribution in [3.8, 4) is 5.75 Å². The lowest BCUT2D eigenvalue weighted by atomic mass is 10.2. The molecule has 0 fully saturated rings. The van der Waals surface area contributed by atoms with Gasteiger partial charge >= 0.3 is 0 Å². The third kappa shape index (κ3) is 3.40. The average molecular weight is 331 g/mol. The second-order valence-electron chi connectivity index (χ2n) is 5.17. The van der Waals surface area contributed by atoms with Crippen molar-refractivity contribution >= 4 is 21.8 Å². The fourth-order valence-corrected chi connectivity index (χ4v) is 3.17. The number of benzene rings is 1. The molecule has 3 rings (SSSR count). The van der Waals surface area contributed by atoms with Crippen LogP contribution in [0.4, 0.5) is 0 Å². The largest absolute Gasteiger partial charge is 0.497 e. The summed E-state index contributed by atoms with van der Waals surface area (Å²) in [6.07, 6.45) is 1.04. The molecule has 0 aliphatic heterocycles. The molecular formula is C16H17N3O3S. The third-order valence-electron chi connectivity index (χ3n) is 3.49. The first kappa shape index (κ1) is 15.6. The average Bonchev–Trinajstić information content (AvgIpc) is 2.98. The summed E-state index contributed by atoms with van der Waals surface area (Å²) in [5, 5.41) is 9.88. The Balaban J connectivity index is 1.80. The number of ether oxygens (including phenoxy) is 1. The number of aliphatic hydroxyl groups excluding tert-OH is 1. The van der Waals surface area contributed by atoms with Crippen LogP contribution in [0.5, 0.6) is 5.75 Å². The second kappa shape index (κ2) is 6.47. The summed E-state index contributed by atoms with van der Waals surface area (Å²) in [6, 6.07) is 9.01. The number of rotatable bonds is 5. The Hall–Kier alpha value is -2.25. The molecule has 0 amide bonds. The topological polar surface area (TPSA) is 88.1 Å². The first-order chi connectivity index (χ1) is 11.1. The van der Waals surface area contributed by atoms with Crippen LogP contribution >= 0.6 is 0 Å². The van der Waals surface area contributed by atoms with Crippen LogP contribution < -0.4 is 4.74 Å². The van der Waals surface area contributed by atoms with Gasteiger partial charge in [-0.2, -0.15) is 0 Å². The van der Waals surface area contributed by atoms with Crippen molar-refractivity contribution in [2.75, 3.05) is 7.11 Å². The van der Waals surface area contributed by atoms with Crippen LogP contribution in [0.1, 0.15) is 24.3 Å². The maximum absolute atomic E-state index is 12.5. The van der Waals surface area contributed by atoms with Gasteiger partial charge in [-0.1, -0.05) is 6.07 Å². The highest BCUT2D eigenvalue weighted by atomic mass is 32.2. The summed E-state index contributed by atoms with van der Waals surface area (Å²) in [6.45, 7) is 1.68. The van der Waals surface area contributed by atoms with E-state index in [2.05, 4.69) is 15.0 Å². The zero-order chi connectivity index (χ0) is 16.4. The van der Waals surface area contributed by atoms with Gasteiger partial charge in [0.25, 0.3) is 0 Å². The summed E-state index contributed by atoms with van der Waals surface area (Å²) < 4.78 is 17.6. The number of aromatic nitrogens is 3. The highest BCUT2D eigenvalue weighted by Gasteiger charge is 2.12. The molecule has 0 saturated heterocycles. The monoisotopic (exact) mass is 331 g/mol. The fourth-order valence-electron chi connectivity index (χ4n) is 2.17. The lowest BCUT2D eigenvalue weighted by Gasteiger charge is -2.04. The van der Waals surface area contributed by atoms with Crippen LogP contribution in [0.15, 0.2) is 41.7 Å². The Morgan fingerprint density at radius 3 is 2.83 bits per heavy atom. The zero-order valence-corrected chi connectivity index (χ0v) is 13.6. The van der Waals surface area contributed by atoms with Gasteiger partial charge in [0.2, 0.25) is 0 Å². The number of pyridine rings is 1. The number of fused-ring (bicyclic) bond motifs is 1. The molecular weight excluding hydrogens is 314 g/mol. The van der Waals surface area contributed by atoms with Crippen LogP contribution in [0.2, 0.25) is 0 Å². The smallest absolute Gasteiger partial charge is 0.197 e. The van der Waals surface area contributed by atoms with E-state index in [0.717, 1.165) is 16.6 Å². The molecule has 2 atom stereocenters. The molecule has 0 radical (unpaired) electrons. The van der Waals surface area contributed by atoms with E-state index >= 15 is 0 Å². The predicted molar refractivity (Wildman–Crippen MR) is 87.6 cm³/mol. The minimum absolute atomic E-state index is 0.261. The zero-order valence-electron chi connectivity index (χ0n) is 12.8. The van der Waals surface area contributed by atoms with Crippen LogP contribution in [-0.4, -0.2) is 31.4 Å². The van der Waals surface area contributed by atoms with Gasteiger partial charge in [0.15, 0.2) is 5.16 Å². The van der Waals surface area contributed by atoms with Crippen LogP contribution in [0.3, 0.4) is 0 Å². The van der Waals surface area contributed by atoms with Gasteiger partial charge in [-0.15, -0.1) is 0 Å². The fraction of sp³-hybridized carbons (Fsp3) is 0.250. The summed E-state index contributed by atoms with van der Waals surface area (Å²) in [5.74, 6) is 0.977. The van der Waals surface area contributed by atoms with Gasteiger partial charge in [0.05, 0.1) is 46.5 Å². The number of methoxy groups -OCH3 is 1. The minimum atomic E-state index is -1.33. The maximum Gasteiger partial charge on any atom is 0.197 e. The third-order valence-corrected chi connectivity index (χ3v) is 4.67. The number of imidazole rings is 1. The normalized spacial score (nSPS) is 13.9. The van der Waals surface area contributed by atoms with Gasteiger partial charge in [-0.3, -0.25) is 9.19 Å². The number of aliphatic hydroxyl groups is 1. The molecule has 0 bridgehead atoms. The lowest BCUT2D eigenvalue weighted by Crippen LogP contribution is -2.01. The lowest BCUT2D eigenvalue weighted by molar-refractivity contribution is 0.199. The number of nitrogens with zero attached hydrogens (tertiary/aromatic N) is 2. The van der Waals surface area contributed by atoms with E-state index < -0.39 is 16.9 Å². The molecule has 0 aliphatic rings. The van der Waals surface area contributed by atoms with Crippen molar-refractivity contribution in [3.63, 3.8) is 0 Å². The van der Waals surface area contributed by atoms with Gasteiger partial charge in [-0.25, -0.2) is 4.98 Å². The van der Waals surface area contributed by atoms with Gasteiger partial charge in [0, 0.05) is 12.3 Å². The Bertz CT molecular complexity index is 843. The first-order valence-electron chi connectivity index (χ1n) is 7.12. The molecule has 3 aromatic rings. The molecule has 23 heavy (non-hydrogen) atoms. The second-order valence-corrected chi connectivity index (χ2v) is 6.54. The SMILES string of the molecule is COc1ccc2nc(S(=O)Cc3ccc(C(C)O)cn3)[nH]c2c1. The van der Waals surface area contributed by atoms with Crippen molar-refractivity contribution < 1.29 is 14.1 Å².